The van der Waals surface area contributed by atoms with E-state index in [0.717, 1.165) is 12.2 Å². The van der Waals surface area contributed by atoms with E-state index >= 15 is 0 Å². The number of ether oxygens (including phenoxy) is 1. The molecule has 1 aromatic rings. The summed E-state index contributed by atoms with van der Waals surface area (Å²) in [5, 5.41) is 3.12. The molecule has 0 atom stereocenters. The Morgan fingerprint density at radius 3 is 2.88 bits per heavy atom. The molecule has 0 saturated carbocycles. The second kappa shape index (κ2) is 6.75. The van der Waals surface area contributed by atoms with Crippen molar-refractivity contribution < 1.29 is 13.2 Å². The molecule has 1 heterocycles. The number of hydrogen-bond acceptors (Lipinski definition) is 4. The Bertz CT molecular complexity index is 428. The summed E-state index contributed by atoms with van der Waals surface area (Å²) in [5.41, 5.74) is 0.846. The molecule has 0 aromatic carbocycles. The molecule has 0 amide bonds. The molecule has 98 valence electrons. The lowest BCUT2D eigenvalue weighted by Gasteiger charge is -2.03. The minimum Gasteiger partial charge on any atom is -0.383 e. The first kappa shape index (κ1) is 14.2. The van der Waals surface area contributed by atoms with E-state index in [2.05, 4.69) is 15.0 Å². The second-order valence-electron chi connectivity index (χ2n) is 3.53. The molecule has 1 aromatic heterocycles. The third-order valence-electron chi connectivity index (χ3n) is 2.19. The van der Waals surface area contributed by atoms with Gasteiger partial charge in [-0.1, -0.05) is 6.92 Å². The zero-order valence-corrected chi connectivity index (χ0v) is 10.9. The number of H-pyrrole nitrogens is 1. The molecule has 0 aliphatic carbocycles. The molecule has 0 fully saturated rings. The summed E-state index contributed by atoms with van der Waals surface area (Å²) in [4.78, 5) is 3.18. The lowest BCUT2D eigenvalue weighted by atomic mass is 10.4. The summed E-state index contributed by atoms with van der Waals surface area (Å²) >= 11 is 0. The maximum absolute atomic E-state index is 11.8. The maximum Gasteiger partial charge on any atom is 0.242 e. The van der Waals surface area contributed by atoms with Crippen LogP contribution in [0.25, 0.3) is 0 Å². The van der Waals surface area contributed by atoms with Crippen LogP contribution in [0, 0.1) is 0 Å². The average molecular weight is 261 g/mol. The molecule has 0 aliphatic heterocycles. The minimum absolute atomic E-state index is 0.251. The van der Waals surface area contributed by atoms with Gasteiger partial charge in [0, 0.05) is 32.1 Å². The Morgan fingerprint density at radius 2 is 2.24 bits per heavy atom. The van der Waals surface area contributed by atoms with Crippen LogP contribution in [0.3, 0.4) is 0 Å². The highest BCUT2D eigenvalue weighted by atomic mass is 32.2. The standard InChI is InChI=1S/C10H19N3O3S/c1-3-11-7-9-6-10(8-12-9)17(14,15)13-4-5-16-2/h6,8,11-13H,3-5,7H2,1-2H3. The van der Waals surface area contributed by atoms with Gasteiger partial charge in [-0.3, -0.25) is 0 Å². The summed E-state index contributed by atoms with van der Waals surface area (Å²) in [5.74, 6) is 0. The molecular weight excluding hydrogens is 242 g/mol. The Hall–Kier alpha value is -0.890. The number of aromatic amines is 1. The third-order valence-corrected chi connectivity index (χ3v) is 3.63. The first-order chi connectivity index (χ1) is 8.10. The van der Waals surface area contributed by atoms with Gasteiger partial charge < -0.3 is 15.0 Å². The van der Waals surface area contributed by atoms with E-state index in [1.54, 1.807) is 6.07 Å². The molecule has 3 N–H and O–H groups in total. The van der Waals surface area contributed by atoms with Crippen LogP contribution in [0.15, 0.2) is 17.2 Å². The number of sulfonamides is 1. The smallest absolute Gasteiger partial charge is 0.242 e. The van der Waals surface area contributed by atoms with Gasteiger partial charge in [0.2, 0.25) is 10.0 Å². The number of aromatic nitrogens is 1. The van der Waals surface area contributed by atoms with Crippen molar-refractivity contribution in [2.24, 2.45) is 0 Å². The molecule has 0 spiro atoms. The van der Waals surface area contributed by atoms with Crippen LogP contribution in [-0.4, -0.2) is 40.2 Å². The predicted octanol–water partition coefficient (Wildman–Crippen LogP) is 0.0489. The van der Waals surface area contributed by atoms with Gasteiger partial charge in [0.15, 0.2) is 0 Å². The van der Waals surface area contributed by atoms with Gasteiger partial charge in [0.05, 0.1) is 11.5 Å². The van der Waals surface area contributed by atoms with Crippen molar-refractivity contribution in [1.82, 2.24) is 15.0 Å². The zero-order valence-electron chi connectivity index (χ0n) is 10.1. The van der Waals surface area contributed by atoms with Gasteiger partial charge in [0.25, 0.3) is 0 Å². The number of rotatable bonds is 8. The lowest BCUT2D eigenvalue weighted by Crippen LogP contribution is -2.26. The van der Waals surface area contributed by atoms with Crippen LogP contribution < -0.4 is 10.0 Å². The van der Waals surface area contributed by atoms with Gasteiger partial charge in [-0.05, 0) is 12.6 Å². The van der Waals surface area contributed by atoms with Crippen LogP contribution in [0.4, 0.5) is 0 Å². The largest absolute Gasteiger partial charge is 0.383 e. The molecule has 7 heteroatoms. The fraction of sp³-hybridized carbons (Fsp3) is 0.600. The van der Waals surface area contributed by atoms with E-state index in [4.69, 9.17) is 4.74 Å². The van der Waals surface area contributed by atoms with Gasteiger partial charge in [-0.2, -0.15) is 0 Å². The monoisotopic (exact) mass is 261 g/mol. The molecule has 0 unspecified atom stereocenters. The maximum atomic E-state index is 11.8. The van der Waals surface area contributed by atoms with E-state index in [0.29, 0.717) is 13.2 Å². The van der Waals surface area contributed by atoms with E-state index in [-0.39, 0.29) is 11.4 Å². The molecular formula is C10H19N3O3S. The summed E-state index contributed by atoms with van der Waals surface area (Å²) in [6.07, 6.45) is 1.49. The topological polar surface area (TPSA) is 83.2 Å². The summed E-state index contributed by atoms with van der Waals surface area (Å²) in [7, 11) is -1.90. The fourth-order valence-electron chi connectivity index (χ4n) is 1.30. The summed E-state index contributed by atoms with van der Waals surface area (Å²) in [6, 6.07) is 1.62. The Kier molecular flexibility index (Phi) is 5.63. The first-order valence-corrected chi connectivity index (χ1v) is 6.95. The quantitative estimate of drug-likeness (QED) is 0.577. The summed E-state index contributed by atoms with van der Waals surface area (Å²) < 4.78 is 30.8. The van der Waals surface area contributed by atoms with Crippen LogP contribution >= 0.6 is 0 Å². The van der Waals surface area contributed by atoms with Crippen molar-refractivity contribution in [3.63, 3.8) is 0 Å². The Morgan fingerprint density at radius 1 is 1.47 bits per heavy atom. The molecule has 1 rings (SSSR count). The normalized spacial score (nSPS) is 11.9. The summed E-state index contributed by atoms with van der Waals surface area (Å²) in [6.45, 7) is 4.09. The number of methoxy groups -OCH3 is 1. The van der Waals surface area contributed by atoms with Gasteiger partial charge in [-0.15, -0.1) is 0 Å². The van der Waals surface area contributed by atoms with Crippen LogP contribution in [0.5, 0.6) is 0 Å². The molecule has 0 radical (unpaired) electrons. The predicted molar refractivity (Wildman–Crippen MR) is 65.2 cm³/mol. The molecule has 0 saturated heterocycles. The van der Waals surface area contributed by atoms with E-state index in [1.807, 2.05) is 6.92 Å². The highest BCUT2D eigenvalue weighted by Gasteiger charge is 2.14. The second-order valence-corrected chi connectivity index (χ2v) is 5.30. The van der Waals surface area contributed by atoms with Crippen molar-refractivity contribution in [3.8, 4) is 0 Å². The van der Waals surface area contributed by atoms with Gasteiger partial charge >= 0.3 is 0 Å². The molecule has 17 heavy (non-hydrogen) atoms. The van der Waals surface area contributed by atoms with Gasteiger partial charge in [0.1, 0.15) is 0 Å². The van der Waals surface area contributed by atoms with Crippen molar-refractivity contribution >= 4 is 10.0 Å². The fourth-order valence-corrected chi connectivity index (χ4v) is 2.33. The van der Waals surface area contributed by atoms with Crippen LogP contribution in [-0.2, 0) is 21.3 Å². The first-order valence-electron chi connectivity index (χ1n) is 5.46. The number of nitrogens with one attached hydrogen (secondary N) is 3. The van der Waals surface area contributed by atoms with Gasteiger partial charge in [-0.25, -0.2) is 13.1 Å². The highest BCUT2D eigenvalue weighted by molar-refractivity contribution is 7.89. The number of hydrogen-bond donors (Lipinski definition) is 3. The van der Waals surface area contributed by atoms with E-state index in [9.17, 15) is 8.42 Å². The van der Waals surface area contributed by atoms with Crippen LogP contribution in [0.1, 0.15) is 12.6 Å². The van der Waals surface area contributed by atoms with Crippen molar-refractivity contribution in [2.45, 2.75) is 18.4 Å². The SMILES string of the molecule is CCNCc1cc(S(=O)(=O)NCCOC)c[nH]1. The van der Waals surface area contributed by atoms with Crippen molar-refractivity contribution in [3.05, 3.63) is 18.0 Å². The highest BCUT2D eigenvalue weighted by Crippen LogP contribution is 2.10. The zero-order chi connectivity index (χ0) is 12.7. The molecule has 0 aliphatic rings. The Balaban J connectivity index is 2.61. The van der Waals surface area contributed by atoms with E-state index in [1.165, 1.54) is 13.3 Å². The molecule has 6 nitrogen and oxygen atoms in total. The van der Waals surface area contributed by atoms with E-state index < -0.39 is 10.0 Å². The van der Waals surface area contributed by atoms with Crippen LogP contribution in [0.2, 0.25) is 0 Å². The van der Waals surface area contributed by atoms with Crippen molar-refractivity contribution in [1.29, 1.82) is 0 Å². The minimum atomic E-state index is -3.43. The Labute approximate surface area is 102 Å². The van der Waals surface area contributed by atoms with Crippen molar-refractivity contribution in [2.75, 3.05) is 26.8 Å². The molecule has 0 bridgehead atoms. The average Bonchev–Trinajstić information content (AvgIpc) is 2.76. The lowest BCUT2D eigenvalue weighted by molar-refractivity contribution is 0.204. The third kappa shape index (κ3) is 4.47.